The van der Waals surface area contributed by atoms with Gasteiger partial charge in [-0.1, -0.05) is 53.5 Å². The van der Waals surface area contributed by atoms with E-state index in [-0.39, 0.29) is 11.3 Å². The van der Waals surface area contributed by atoms with Crippen LogP contribution in [0.3, 0.4) is 0 Å². The summed E-state index contributed by atoms with van der Waals surface area (Å²) in [6, 6.07) is 17.5. The van der Waals surface area contributed by atoms with E-state index in [0.717, 1.165) is 16.0 Å². The summed E-state index contributed by atoms with van der Waals surface area (Å²) in [5.74, 6) is -0.469. The topological polar surface area (TPSA) is 58.6 Å². The van der Waals surface area contributed by atoms with Crippen molar-refractivity contribution in [3.63, 3.8) is 0 Å². The van der Waals surface area contributed by atoms with Gasteiger partial charge in [0.25, 0.3) is 11.8 Å². The van der Waals surface area contributed by atoms with Crippen LogP contribution in [0, 0.1) is 13.8 Å². The Morgan fingerprint density at radius 3 is 2.22 bits per heavy atom. The van der Waals surface area contributed by atoms with Crippen LogP contribution < -0.4 is 15.0 Å². The maximum atomic E-state index is 13.7. The number of hydrogen-bond donors (Lipinski definition) is 1. The Kier molecular flexibility index (Phi) is 5.96. The van der Waals surface area contributed by atoms with E-state index in [2.05, 4.69) is 5.32 Å². The maximum Gasteiger partial charge on any atom is 0.282 e. The molecule has 0 saturated heterocycles. The smallest absolute Gasteiger partial charge is 0.282 e. The summed E-state index contributed by atoms with van der Waals surface area (Å²) < 4.78 is 5.48. The zero-order chi connectivity index (χ0) is 23.0. The zero-order valence-corrected chi connectivity index (χ0v) is 19.2. The van der Waals surface area contributed by atoms with E-state index in [4.69, 9.17) is 27.9 Å². The van der Waals surface area contributed by atoms with E-state index >= 15 is 0 Å². The number of halogens is 2. The quantitative estimate of drug-likeness (QED) is 0.467. The third-order valence-electron chi connectivity index (χ3n) is 5.33. The number of carbonyl (C=O) groups excluding carboxylic acids is 2. The fourth-order valence-electron chi connectivity index (χ4n) is 3.65. The molecule has 3 aromatic rings. The highest BCUT2D eigenvalue weighted by Crippen LogP contribution is 2.39. The average molecular weight is 467 g/mol. The second-order valence-electron chi connectivity index (χ2n) is 7.41. The largest absolute Gasteiger partial charge is 0.496 e. The Hall–Kier alpha value is -3.28. The van der Waals surface area contributed by atoms with E-state index < -0.39 is 11.8 Å². The van der Waals surface area contributed by atoms with Crippen molar-refractivity contribution in [1.82, 2.24) is 0 Å². The van der Waals surface area contributed by atoms with Gasteiger partial charge in [-0.25, -0.2) is 4.90 Å². The normalized spacial score (nSPS) is 13.7. The number of carbonyl (C=O) groups is 2. The first-order chi connectivity index (χ1) is 15.3. The number of benzene rings is 3. The molecule has 0 bridgehead atoms. The van der Waals surface area contributed by atoms with Gasteiger partial charge in [-0.15, -0.1) is 0 Å². The molecule has 5 nitrogen and oxygen atoms in total. The van der Waals surface area contributed by atoms with Crippen LogP contribution in [0.1, 0.15) is 16.7 Å². The molecule has 32 heavy (non-hydrogen) atoms. The molecule has 4 rings (SSSR count). The number of methoxy groups -OCH3 is 1. The number of nitrogens with one attached hydrogen (secondary N) is 1. The highest BCUT2D eigenvalue weighted by atomic mass is 35.5. The molecule has 0 aromatic heterocycles. The second kappa shape index (κ2) is 8.69. The van der Waals surface area contributed by atoms with Crippen molar-refractivity contribution >= 4 is 52.0 Å². The minimum Gasteiger partial charge on any atom is -0.496 e. The Labute approximate surface area is 196 Å². The van der Waals surface area contributed by atoms with Crippen molar-refractivity contribution in [3.05, 3.63) is 93.1 Å². The van der Waals surface area contributed by atoms with E-state index in [1.165, 1.54) is 7.11 Å². The van der Waals surface area contributed by atoms with Crippen LogP contribution in [0.5, 0.6) is 5.75 Å². The van der Waals surface area contributed by atoms with E-state index in [0.29, 0.717) is 32.7 Å². The summed E-state index contributed by atoms with van der Waals surface area (Å²) in [7, 11) is 1.52. The molecule has 162 valence electrons. The van der Waals surface area contributed by atoms with Gasteiger partial charge < -0.3 is 10.1 Å². The Morgan fingerprint density at radius 2 is 1.50 bits per heavy atom. The molecule has 0 radical (unpaired) electrons. The van der Waals surface area contributed by atoms with Crippen molar-refractivity contribution in [2.75, 3.05) is 17.3 Å². The fraction of sp³-hybridized carbons (Fsp3) is 0.120. The van der Waals surface area contributed by atoms with Crippen LogP contribution in [0.15, 0.2) is 66.4 Å². The van der Waals surface area contributed by atoms with E-state index in [1.54, 1.807) is 54.6 Å². The van der Waals surface area contributed by atoms with Crippen molar-refractivity contribution in [1.29, 1.82) is 0 Å². The van der Waals surface area contributed by atoms with Crippen molar-refractivity contribution in [2.45, 2.75) is 13.8 Å². The third-order valence-corrected chi connectivity index (χ3v) is 5.80. The standard InChI is InChI=1S/C25H20Cl2N2O3/c1-14-8-10-16(26)12-19(14)28-23-22(18-6-4-5-7-21(18)32-3)24(30)29(25(23)31)20-13-17(27)11-9-15(20)2/h4-13,28H,1-3H3. The lowest BCUT2D eigenvalue weighted by molar-refractivity contribution is -0.120. The lowest BCUT2D eigenvalue weighted by Gasteiger charge is -2.18. The van der Waals surface area contributed by atoms with Crippen molar-refractivity contribution < 1.29 is 14.3 Å². The summed E-state index contributed by atoms with van der Waals surface area (Å²) >= 11 is 12.4. The molecule has 0 saturated carbocycles. The number of imide groups is 1. The Balaban J connectivity index is 1.92. The van der Waals surface area contributed by atoms with Gasteiger partial charge in [-0.05, 0) is 55.3 Å². The summed E-state index contributed by atoms with van der Waals surface area (Å²) in [4.78, 5) is 28.5. The third kappa shape index (κ3) is 3.85. The number of hydrogen-bond acceptors (Lipinski definition) is 4. The molecule has 1 aliphatic heterocycles. The number of anilines is 2. The van der Waals surface area contributed by atoms with Gasteiger partial charge in [0.2, 0.25) is 0 Å². The highest BCUT2D eigenvalue weighted by Gasteiger charge is 2.42. The van der Waals surface area contributed by atoms with Crippen LogP contribution in [0.4, 0.5) is 11.4 Å². The first kappa shape index (κ1) is 21.9. The molecule has 3 aromatic carbocycles. The molecule has 0 aliphatic carbocycles. The molecule has 1 heterocycles. The highest BCUT2D eigenvalue weighted by molar-refractivity contribution is 6.47. The number of nitrogens with zero attached hydrogens (tertiary/aromatic N) is 1. The summed E-state index contributed by atoms with van der Waals surface area (Å²) in [6.45, 7) is 3.71. The number of rotatable bonds is 5. The van der Waals surface area contributed by atoms with Gasteiger partial charge in [0.1, 0.15) is 11.4 Å². The molecular weight excluding hydrogens is 447 g/mol. The molecule has 0 spiro atoms. The van der Waals surface area contributed by atoms with Gasteiger partial charge in [-0.3, -0.25) is 9.59 Å². The monoisotopic (exact) mass is 466 g/mol. The first-order valence-corrected chi connectivity index (χ1v) is 10.6. The average Bonchev–Trinajstić information content (AvgIpc) is 3.01. The van der Waals surface area contributed by atoms with Gasteiger partial charge in [0.05, 0.1) is 18.4 Å². The Morgan fingerprint density at radius 1 is 0.844 bits per heavy atom. The summed E-state index contributed by atoms with van der Waals surface area (Å²) in [5, 5.41) is 4.10. The van der Waals surface area contributed by atoms with Gasteiger partial charge in [-0.2, -0.15) is 0 Å². The summed E-state index contributed by atoms with van der Waals surface area (Å²) in [6.07, 6.45) is 0. The molecule has 1 aliphatic rings. The molecule has 0 fully saturated rings. The van der Waals surface area contributed by atoms with Crippen LogP contribution in [0.25, 0.3) is 5.57 Å². The summed E-state index contributed by atoms with van der Waals surface area (Å²) in [5.41, 5.74) is 3.55. The minimum atomic E-state index is -0.486. The van der Waals surface area contributed by atoms with E-state index in [1.807, 2.05) is 19.9 Å². The SMILES string of the molecule is COc1ccccc1C1=C(Nc2cc(Cl)ccc2C)C(=O)N(c2cc(Cl)ccc2C)C1=O. The van der Waals surface area contributed by atoms with Gasteiger partial charge >= 0.3 is 0 Å². The van der Waals surface area contributed by atoms with Crippen molar-refractivity contribution in [3.8, 4) is 5.75 Å². The Bertz CT molecular complexity index is 1280. The fourth-order valence-corrected chi connectivity index (χ4v) is 3.99. The second-order valence-corrected chi connectivity index (χ2v) is 8.28. The van der Waals surface area contributed by atoms with Crippen LogP contribution in [-0.2, 0) is 9.59 Å². The molecule has 0 unspecified atom stereocenters. The predicted molar refractivity (Wildman–Crippen MR) is 128 cm³/mol. The molecule has 1 N–H and O–H groups in total. The molecule has 2 amide bonds. The van der Waals surface area contributed by atoms with Crippen LogP contribution >= 0.6 is 23.2 Å². The number of para-hydroxylation sites is 1. The maximum absolute atomic E-state index is 13.7. The predicted octanol–water partition coefficient (Wildman–Crippen LogP) is 6.02. The lowest BCUT2D eigenvalue weighted by atomic mass is 10.0. The van der Waals surface area contributed by atoms with E-state index in [9.17, 15) is 9.59 Å². The molecular formula is C25H20Cl2N2O3. The van der Waals surface area contributed by atoms with Gasteiger partial charge in [0.15, 0.2) is 0 Å². The molecule has 7 heteroatoms. The van der Waals surface area contributed by atoms with Crippen LogP contribution in [-0.4, -0.2) is 18.9 Å². The minimum absolute atomic E-state index is 0.143. The zero-order valence-electron chi connectivity index (χ0n) is 17.7. The van der Waals surface area contributed by atoms with Crippen molar-refractivity contribution in [2.24, 2.45) is 0 Å². The van der Waals surface area contributed by atoms with Gasteiger partial charge in [0, 0.05) is 21.3 Å². The molecule has 0 atom stereocenters. The first-order valence-electron chi connectivity index (χ1n) is 9.87. The number of aryl methyl sites for hydroxylation is 2. The lowest BCUT2D eigenvalue weighted by Crippen LogP contribution is -2.33. The van der Waals surface area contributed by atoms with Crippen LogP contribution in [0.2, 0.25) is 10.0 Å². The number of ether oxygens (including phenoxy) is 1. The number of amides is 2.